The third-order valence-corrected chi connectivity index (χ3v) is 4.07. The van der Waals surface area contributed by atoms with Crippen LogP contribution in [-0.4, -0.2) is 18.1 Å². The molecule has 1 unspecified atom stereocenters. The first-order valence-electron chi connectivity index (χ1n) is 7.56. The van der Waals surface area contributed by atoms with Gasteiger partial charge in [0.25, 0.3) is 0 Å². The van der Waals surface area contributed by atoms with E-state index in [-0.39, 0.29) is 6.04 Å². The molecule has 1 aromatic carbocycles. The van der Waals surface area contributed by atoms with E-state index in [0.717, 1.165) is 18.0 Å². The van der Waals surface area contributed by atoms with E-state index in [2.05, 4.69) is 48.4 Å². The van der Waals surface area contributed by atoms with Crippen molar-refractivity contribution in [2.75, 3.05) is 13.1 Å². The van der Waals surface area contributed by atoms with Crippen molar-refractivity contribution in [3.63, 3.8) is 0 Å². The Kier molecular flexibility index (Phi) is 5.50. The fraction of sp³-hybridized carbons (Fsp3) is 0.471. The summed E-state index contributed by atoms with van der Waals surface area (Å²) < 4.78 is 0. The fourth-order valence-corrected chi connectivity index (χ4v) is 2.53. The summed E-state index contributed by atoms with van der Waals surface area (Å²) >= 11 is 0. The molecular formula is C17H25N3. The van der Waals surface area contributed by atoms with Crippen LogP contribution in [0.15, 0.2) is 36.5 Å². The van der Waals surface area contributed by atoms with Crippen molar-refractivity contribution < 1.29 is 0 Å². The van der Waals surface area contributed by atoms with Crippen LogP contribution < -0.4 is 11.1 Å². The van der Waals surface area contributed by atoms with Gasteiger partial charge in [-0.05, 0) is 36.2 Å². The molecule has 0 fully saturated rings. The third kappa shape index (κ3) is 3.56. The molecule has 2 aromatic rings. The maximum absolute atomic E-state index is 5.94. The van der Waals surface area contributed by atoms with Crippen molar-refractivity contribution in [1.29, 1.82) is 0 Å². The van der Waals surface area contributed by atoms with E-state index >= 15 is 0 Å². The fourth-order valence-electron chi connectivity index (χ4n) is 2.53. The number of hydrogen-bond donors (Lipinski definition) is 2. The Labute approximate surface area is 121 Å². The molecule has 0 saturated heterocycles. The number of nitrogens with zero attached hydrogens (tertiary/aromatic N) is 1. The van der Waals surface area contributed by atoms with E-state index in [9.17, 15) is 0 Å². The highest BCUT2D eigenvalue weighted by Gasteiger charge is 2.12. The predicted molar refractivity (Wildman–Crippen MR) is 85.6 cm³/mol. The molecule has 1 heterocycles. The standard InChI is InChI=1S/C17H25N3/c1-3-13(4-2)12-20-17(11-18)15-7-8-16-14(10-15)6-5-9-19-16/h5-10,13,17,20H,3-4,11-12,18H2,1-2H3. The number of aromatic nitrogens is 1. The van der Waals surface area contributed by atoms with Gasteiger partial charge in [0.15, 0.2) is 0 Å². The van der Waals surface area contributed by atoms with Gasteiger partial charge in [-0.2, -0.15) is 0 Å². The van der Waals surface area contributed by atoms with Gasteiger partial charge in [-0.25, -0.2) is 0 Å². The van der Waals surface area contributed by atoms with Gasteiger partial charge < -0.3 is 11.1 Å². The van der Waals surface area contributed by atoms with E-state index in [1.807, 2.05) is 12.3 Å². The van der Waals surface area contributed by atoms with Crippen LogP contribution in [0.5, 0.6) is 0 Å². The zero-order valence-corrected chi connectivity index (χ0v) is 12.5. The van der Waals surface area contributed by atoms with Crippen LogP contribution in [0.1, 0.15) is 38.3 Å². The van der Waals surface area contributed by atoms with E-state index in [1.165, 1.54) is 23.8 Å². The monoisotopic (exact) mass is 271 g/mol. The van der Waals surface area contributed by atoms with Crippen LogP contribution in [0.4, 0.5) is 0 Å². The first kappa shape index (κ1) is 14.9. The molecule has 20 heavy (non-hydrogen) atoms. The number of benzene rings is 1. The second-order valence-electron chi connectivity index (χ2n) is 5.33. The quantitative estimate of drug-likeness (QED) is 0.812. The summed E-state index contributed by atoms with van der Waals surface area (Å²) in [6.07, 6.45) is 4.25. The van der Waals surface area contributed by atoms with Crippen LogP contribution in [-0.2, 0) is 0 Å². The Morgan fingerprint density at radius 3 is 2.70 bits per heavy atom. The number of hydrogen-bond acceptors (Lipinski definition) is 3. The normalized spacial score (nSPS) is 13.0. The summed E-state index contributed by atoms with van der Waals surface area (Å²) in [5.74, 6) is 0.728. The molecule has 1 aromatic heterocycles. The SMILES string of the molecule is CCC(CC)CNC(CN)c1ccc2ncccc2c1. The molecule has 0 bridgehead atoms. The highest BCUT2D eigenvalue weighted by molar-refractivity contribution is 5.79. The molecule has 0 aliphatic heterocycles. The zero-order chi connectivity index (χ0) is 14.4. The molecular weight excluding hydrogens is 246 g/mol. The van der Waals surface area contributed by atoms with Gasteiger partial charge in [-0.15, -0.1) is 0 Å². The van der Waals surface area contributed by atoms with Crippen LogP contribution in [0, 0.1) is 5.92 Å². The van der Waals surface area contributed by atoms with Crippen molar-refractivity contribution in [2.45, 2.75) is 32.7 Å². The predicted octanol–water partition coefficient (Wildman–Crippen LogP) is 3.26. The lowest BCUT2D eigenvalue weighted by molar-refractivity contribution is 0.414. The van der Waals surface area contributed by atoms with Gasteiger partial charge in [0.1, 0.15) is 0 Å². The number of nitrogens with one attached hydrogen (secondary N) is 1. The topological polar surface area (TPSA) is 50.9 Å². The lowest BCUT2D eigenvalue weighted by Gasteiger charge is -2.21. The van der Waals surface area contributed by atoms with Gasteiger partial charge in [0, 0.05) is 24.2 Å². The lowest BCUT2D eigenvalue weighted by atomic mass is 10.0. The van der Waals surface area contributed by atoms with Gasteiger partial charge in [0.05, 0.1) is 5.52 Å². The Morgan fingerprint density at radius 1 is 1.20 bits per heavy atom. The van der Waals surface area contributed by atoms with E-state index in [1.54, 1.807) is 0 Å². The summed E-state index contributed by atoms with van der Waals surface area (Å²) in [7, 11) is 0. The highest BCUT2D eigenvalue weighted by Crippen LogP contribution is 2.19. The first-order chi connectivity index (χ1) is 9.78. The van der Waals surface area contributed by atoms with Crippen molar-refractivity contribution in [3.8, 4) is 0 Å². The van der Waals surface area contributed by atoms with Crippen LogP contribution in [0.2, 0.25) is 0 Å². The average molecular weight is 271 g/mol. The summed E-state index contributed by atoms with van der Waals surface area (Å²) in [6, 6.07) is 10.7. The molecule has 108 valence electrons. The molecule has 0 saturated carbocycles. The summed E-state index contributed by atoms with van der Waals surface area (Å²) in [5, 5.41) is 4.78. The Balaban J connectivity index is 2.12. The molecule has 0 radical (unpaired) electrons. The van der Waals surface area contributed by atoms with E-state index in [0.29, 0.717) is 6.54 Å². The largest absolute Gasteiger partial charge is 0.329 e. The maximum atomic E-state index is 5.94. The molecule has 0 amide bonds. The minimum absolute atomic E-state index is 0.222. The van der Waals surface area contributed by atoms with Gasteiger partial charge in [-0.1, -0.05) is 38.8 Å². The number of nitrogens with two attached hydrogens (primary N) is 1. The maximum Gasteiger partial charge on any atom is 0.0702 e. The summed E-state index contributed by atoms with van der Waals surface area (Å²) in [4.78, 5) is 4.36. The van der Waals surface area contributed by atoms with Gasteiger partial charge in [-0.3, -0.25) is 4.98 Å². The van der Waals surface area contributed by atoms with Gasteiger partial charge >= 0.3 is 0 Å². The molecule has 0 aliphatic rings. The van der Waals surface area contributed by atoms with Gasteiger partial charge in [0.2, 0.25) is 0 Å². The summed E-state index contributed by atoms with van der Waals surface area (Å²) in [6.45, 7) is 6.13. The average Bonchev–Trinajstić information content (AvgIpc) is 2.51. The second kappa shape index (κ2) is 7.36. The molecule has 2 rings (SSSR count). The molecule has 0 aliphatic carbocycles. The molecule has 1 atom stereocenters. The number of rotatable bonds is 7. The molecule has 0 spiro atoms. The lowest BCUT2D eigenvalue weighted by Crippen LogP contribution is -2.32. The van der Waals surface area contributed by atoms with E-state index < -0.39 is 0 Å². The number of pyridine rings is 1. The minimum Gasteiger partial charge on any atom is -0.329 e. The number of fused-ring (bicyclic) bond motifs is 1. The van der Waals surface area contributed by atoms with Crippen LogP contribution in [0.25, 0.3) is 10.9 Å². The van der Waals surface area contributed by atoms with Crippen molar-refractivity contribution >= 4 is 10.9 Å². The molecule has 3 heteroatoms. The smallest absolute Gasteiger partial charge is 0.0702 e. The van der Waals surface area contributed by atoms with Crippen LogP contribution in [0.3, 0.4) is 0 Å². The van der Waals surface area contributed by atoms with Crippen LogP contribution >= 0.6 is 0 Å². The van der Waals surface area contributed by atoms with Crippen molar-refractivity contribution in [1.82, 2.24) is 10.3 Å². The Hall–Kier alpha value is -1.45. The van der Waals surface area contributed by atoms with Crippen molar-refractivity contribution in [2.24, 2.45) is 11.7 Å². The zero-order valence-electron chi connectivity index (χ0n) is 12.5. The highest BCUT2D eigenvalue weighted by atomic mass is 14.9. The Morgan fingerprint density at radius 2 is 2.00 bits per heavy atom. The molecule has 3 N–H and O–H groups in total. The first-order valence-corrected chi connectivity index (χ1v) is 7.56. The second-order valence-corrected chi connectivity index (χ2v) is 5.33. The van der Waals surface area contributed by atoms with Crippen molar-refractivity contribution in [3.05, 3.63) is 42.1 Å². The van der Waals surface area contributed by atoms with E-state index in [4.69, 9.17) is 5.73 Å². The minimum atomic E-state index is 0.222. The summed E-state index contributed by atoms with van der Waals surface area (Å²) in [5.41, 5.74) is 8.22. The molecule has 3 nitrogen and oxygen atoms in total. The third-order valence-electron chi connectivity index (χ3n) is 4.07. The Bertz CT molecular complexity index is 535.